The Balaban J connectivity index is 1.63. The molecule has 1 atom stereocenters. The maximum atomic E-state index is 12.5. The van der Waals surface area contributed by atoms with Gasteiger partial charge in [0.2, 0.25) is 0 Å². The highest BCUT2D eigenvalue weighted by molar-refractivity contribution is 5.81. The van der Waals surface area contributed by atoms with Crippen LogP contribution in [0.1, 0.15) is 28.9 Å². The molecule has 3 aromatic rings. The minimum Gasteiger partial charge on any atom is -0.483 e. The molecule has 7 nitrogen and oxygen atoms in total. The molecule has 7 heteroatoms. The van der Waals surface area contributed by atoms with Crippen LogP contribution in [0.25, 0.3) is 5.69 Å². The average molecular weight is 364 g/mol. The number of aromatic nitrogens is 3. The summed E-state index contributed by atoms with van der Waals surface area (Å²) in [6.07, 6.45) is 3.82. The first kappa shape index (κ1) is 18.3. The Labute approximate surface area is 157 Å². The Morgan fingerprint density at radius 3 is 2.63 bits per heavy atom. The Morgan fingerprint density at radius 2 is 1.96 bits per heavy atom. The van der Waals surface area contributed by atoms with Crippen LogP contribution < -0.4 is 4.74 Å². The molecule has 0 aliphatic heterocycles. The number of benzene rings is 2. The molecule has 2 aromatic carbocycles. The fourth-order valence-electron chi connectivity index (χ4n) is 2.64. The van der Waals surface area contributed by atoms with Gasteiger partial charge >= 0.3 is 0 Å². The van der Waals surface area contributed by atoms with Crippen molar-refractivity contribution in [2.75, 3.05) is 13.7 Å². The quantitative estimate of drug-likeness (QED) is 0.603. The first-order valence-corrected chi connectivity index (χ1v) is 8.48. The second kappa shape index (κ2) is 8.27. The van der Waals surface area contributed by atoms with Crippen molar-refractivity contribution in [3.8, 4) is 11.4 Å². The van der Waals surface area contributed by atoms with E-state index in [1.165, 1.54) is 6.33 Å². The molecule has 0 saturated heterocycles. The van der Waals surface area contributed by atoms with Crippen LogP contribution in [-0.2, 0) is 4.79 Å². The standard InChI is InChI=1S/C20H20N4O3/c1-15(16-7-9-18(10-8-16)24-14-21-13-22-24)23(2)20(26)12-27-19-6-4-3-5-17(19)11-25/h3-11,13-15H,12H2,1-2H3. The van der Waals surface area contributed by atoms with Crippen molar-refractivity contribution in [2.45, 2.75) is 13.0 Å². The molecular formula is C20H20N4O3. The summed E-state index contributed by atoms with van der Waals surface area (Å²) in [4.78, 5) is 29.0. The van der Waals surface area contributed by atoms with Crippen LogP contribution in [-0.4, -0.2) is 45.5 Å². The average Bonchev–Trinajstić information content (AvgIpc) is 3.26. The van der Waals surface area contributed by atoms with Gasteiger partial charge in [0, 0.05) is 7.05 Å². The normalized spacial score (nSPS) is 11.6. The lowest BCUT2D eigenvalue weighted by Crippen LogP contribution is -2.33. The Bertz CT molecular complexity index is 907. The van der Waals surface area contributed by atoms with Crippen LogP contribution in [0.4, 0.5) is 0 Å². The van der Waals surface area contributed by atoms with E-state index in [1.54, 1.807) is 47.2 Å². The molecule has 0 bridgehead atoms. The highest BCUT2D eigenvalue weighted by atomic mass is 16.5. The second-order valence-corrected chi connectivity index (χ2v) is 6.06. The zero-order valence-corrected chi connectivity index (χ0v) is 15.1. The van der Waals surface area contributed by atoms with Crippen LogP contribution in [0.2, 0.25) is 0 Å². The third kappa shape index (κ3) is 4.20. The number of carbonyl (C=O) groups excluding carboxylic acids is 2. The number of hydrogen-bond acceptors (Lipinski definition) is 5. The van der Waals surface area contributed by atoms with Crippen LogP contribution in [0, 0.1) is 0 Å². The minimum absolute atomic E-state index is 0.132. The molecule has 1 amide bonds. The molecule has 0 radical (unpaired) electrons. The molecule has 27 heavy (non-hydrogen) atoms. The van der Waals surface area contributed by atoms with Crippen LogP contribution in [0.15, 0.2) is 61.2 Å². The summed E-state index contributed by atoms with van der Waals surface area (Å²) in [7, 11) is 1.73. The Morgan fingerprint density at radius 1 is 1.22 bits per heavy atom. The summed E-state index contributed by atoms with van der Waals surface area (Å²) < 4.78 is 7.19. The number of carbonyl (C=O) groups is 2. The van der Waals surface area contributed by atoms with Crippen LogP contribution in [0.5, 0.6) is 5.75 Å². The lowest BCUT2D eigenvalue weighted by molar-refractivity contribution is -0.134. The van der Waals surface area contributed by atoms with Gasteiger partial charge in [0.25, 0.3) is 5.91 Å². The topological polar surface area (TPSA) is 77.3 Å². The predicted octanol–water partition coefficient (Wildman–Crippen LogP) is 2.68. The predicted molar refractivity (Wildman–Crippen MR) is 99.9 cm³/mol. The molecule has 0 spiro atoms. The van der Waals surface area contributed by atoms with Gasteiger partial charge in [-0.2, -0.15) is 5.10 Å². The lowest BCUT2D eigenvalue weighted by atomic mass is 10.1. The first-order chi connectivity index (χ1) is 13.1. The fourth-order valence-corrected chi connectivity index (χ4v) is 2.64. The number of amides is 1. The molecule has 0 fully saturated rings. The molecule has 3 rings (SSSR count). The lowest BCUT2D eigenvalue weighted by Gasteiger charge is -2.25. The van der Waals surface area contributed by atoms with Crippen LogP contribution in [0.3, 0.4) is 0 Å². The number of para-hydroxylation sites is 1. The fraction of sp³-hybridized carbons (Fsp3) is 0.200. The number of hydrogen-bond donors (Lipinski definition) is 0. The summed E-state index contributed by atoms with van der Waals surface area (Å²) in [5.74, 6) is 0.225. The van der Waals surface area contributed by atoms with Gasteiger partial charge in [-0.3, -0.25) is 9.59 Å². The third-order valence-electron chi connectivity index (χ3n) is 4.43. The number of aldehydes is 1. The SMILES string of the molecule is CC(c1ccc(-n2cncn2)cc1)N(C)C(=O)COc1ccccc1C=O. The van der Waals surface area contributed by atoms with E-state index < -0.39 is 0 Å². The van der Waals surface area contributed by atoms with E-state index in [9.17, 15) is 9.59 Å². The summed E-state index contributed by atoms with van der Waals surface area (Å²) in [5, 5.41) is 4.09. The molecule has 138 valence electrons. The molecular weight excluding hydrogens is 344 g/mol. The van der Waals surface area contributed by atoms with E-state index in [0.717, 1.165) is 11.3 Å². The van der Waals surface area contributed by atoms with Gasteiger partial charge in [-0.05, 0) is 36.8 Å². The van der Waals surface area contributed by atoms with Crippen molar-refractivity contribution in [3.05, 3.63) is 72.3 Å². The number of nitrogens with zero attached hydrogens (tertiary/aromatic N) is 4. The van der Waals surface area contributed by atoms with Gasteiger partial charge < -0.3 is 9.64 Å². The molecule has 1 heterocycles. The van der Waals surface area contributed by atoms with Gasteiger partial charge in [-0.15, -0.1) is 0 Å². The first-order valence-electron chi connectivity index (χ1n) is 8.48. The summed E-state index contributed by atoms with van der Waals surface area (Å²) in [6.45, 7) is 1.81. The van der Waals surface area contributed by atoms with Crippen molar-refractivity contribution in [3.63, 3.8) is 0 Å². The molecule has 0 saturated carbocycles. The highest BCUT2D eigenvalue weighted by Crippen LogP contribution is 2.21. The van der Waals surface area contributed by atoms with Crippen molar-refractivity contribution < 1.29 is 14.3 Å². The van der Waals surface area contributed by atoms with Gasteiger partial charge in [-0.1, -0.05) is 24.3 Å². The number of likely N-dealkylation sites (N-methyl/N-ethyl adjacent to an activating group) is 1. The van der Waals surface area contributed by atoms with E-state index in [4.69, 9.17) is 4.74 Å². The van der Waals surface area contributed by atoms with Crippen molar-refractivity contribution >= 4 is 12.2 Å². The van der Waals surface area contributed by atoms with E-state index >= 15 is 0 Å². The van der Waals surface area contributed by atoms with Crippen molar-refractivity contribution in [2.24, 2.45) is 0 Å². The van der Waals surface area contributed by atoms with Gasteiger partial charge in [-0.25, -0.2) is 9.67 Å². The number of ether oxygens (including phenoxy) is 1. The van der Waals surface area contributed by atoms with E-state index in [1.807, 2.05) is 31.2 Å². The van der Waals surface area contributed by atoms with E-state index in [2.05, 4.69) is 10.1 Å². The highest BCUT2D eigenvalue weighted by Gasteiger charge is 2.18. The zero-order valence-electron chi connectivity index (χ0n) is 15.1. The smallest absolute Gasteiger partial charge is 0.260 e. The van der Waals surface area contributed by atoms with Crippen molar-refractivity contribution in [1.29, 1.82) is 0 Å². The Hall–Kier alpha value is -3.48. The molecule has 1 aromatic heterocycles. The van der Waals surface area contributed by atoms with E-state index in [-0.39, 0.29) is 18.6 Å². The van der Waals surface area contributed by atoms with Crippen LogP contribution >= 0.6 is 0 Å². The largest absolute Gasteiger partial charge is 0.483 e. The minimum atomic E-state index is -0.177. The van der Waals surface area contributed by atoms with E-state index in [0.29, 0.717) is 17.6 Å². The molecule has 0 N–H and O–H groups in total. The molecule has 1 unspecified atom stereocenters. The molecule has 0 aliphatic rings. The third-order valence-corrected chi connectivity index (χ3v) is 4.43. The van der Waals surface area contributed by atoms with Gasteiger partial charge in [0.1, 0.15) is 18.4 Å². The van der Waals surface area contributed by atoms with Gasteiger partial charge in [0.15, 0.2) is 12.9 Å². The number of rotatable bonds is 7. The Kier molecular flexibility index (Phi) is 5.61. The summed E-state index contributed by atoms with van der Waals surface area (Å²) >= 11 is 0. The zero-order chi connectivity index (χ0) is 19.2. The second-order valence-electron chi connectivity index (χ2n) is 6.06. The monoisotopic (exact) mass is 364 g/mol. The van der Waals surface area contributed by atoms with Gasteiger partial charge in [0.05, 0.1) is 17.3 Å². The summed E-state index contributed by atoms with van der Waals surface area (Å²) in [6, 6.07) is 14.4. The maximum Gasteiger partial charge on any atom is 0.260 e. The molecule has 0 aliphatic carbocycles. The van der Waals surface area contributed by atoms with Crippen molar-refractivity contribution in [1.82, 2.24) is 19.7 Å². The maximum absolute atomic E-state index is 12.5. The summed E-state index contributed by atoms with van der Waals surface area (Å²) in [5.41, 5.74) is 2.30.